The van der Waals surface area contributed by atoms with E-state index in [1.807, 2.05) is 0 Å². The molecule has 1 fully saturated rings. The maximum atomic E-state index is 3.44. The molecule has 1 saturated heterocycles. The van der Waals surface area contributed by atoms with Crippen LogP contribution in [0.3, 0.4) is 0 Å². The highest BCUT2D eigenvalue weighted by Gasteiger charge is 2.22. The minimum absolute atomic E-state index is 0.758. The molecule has 0 amide bonds. The molecule has 0 aromatic rings. The van der Waals surface area contributed by atoms with Gasteiger partial charge in [-0.05, 0) is 12.5 Å². The van der Waals surface area contributed by atoms with Gasteiger partial charge >= 0.3 is 0 Å². The molecule has 1 rings (SSSR count). The first-order valence-corrected chi connectivity index (χ1v) is 4.70. The second kappa shape index (κ2) is 4.07. The Kier molecular flexibility index (Phi) is 3.34. The smallest absolute Gasteiger partial charge is 0.0244 e. The van der Waals surface area contributed by atoms with Crippen LogP contribution in [-0.2, 0) is 0 Å². The van der Waals surface area contributed by atoms with Gasteiger partial charge in [0.15, 0.2) is 0 Å². The lowest BCUT2D eigenvalue weighted by Crippen LogP contribution is -2.53. The average Bonchev–Trinajstić information content (AvgIpc) is 2.04. The third-order valence-electron chi connectivity index (χ3n) is 2.57. The summed E-state index contributed by atoms with van der Waals surface area (Å²) < 4.78 is 0. The molecule has 0 unspecified atom stereocenters. The largest absolute Gasteiger partial charge is 0.314 e. The van der Waals surface area contributed by atoms with Gasteiger partial charge in [0.2, 0.25) is 0 Å². The highest BCUT2D eigenvalue weighted by Crippen LogP contribution is 2.11. The van der Waals surface area contributed by atoms with E-state index in [1.54, 1.807) is 0 Å². The van der Waals surface area contributed by atoms with Crippen LogP contribution in [0, 0.1) is 5.92 Å². The molecule has 1 aliphatic rings. The predicted molar refractivity (Wildman–Crippen MR) is 48.7 cm³/mol. The van der Waals surface area contributed by atoms with Crippen molar-refractivity contribution >= 4 is 0 Å². The molecule has 1 heterocycles. The highest BCUT2D eigenvalue weighted by atomic mass is 15.2. The number of nitrogens with zero attached hydrogens (tertiary/aromatic N) is 1. The Labute approximate surface area is 70.0 Å². The van der Waals surface area contributed by atoms with Crippen LogP contribution in [-0.4, -0.2) is 37.1 Å². The lowest BCUT2D eigenvalue weighted by atomic mass is 10.0. The molecule has 0 aromatic heterocycles. The summed E-state index contributed by atoms with van der Waals surface area (Å²) >= 11 is 0. The predicted octanol–water partition coefficient (Wildman–Crippen LogP) is 0.936. The van der Waals surface area contributed by atoms with Crippen LogP contribution in [0.4, 0.5) is 0 Å². The van der Waals surface area contributed by atoms with Gasteiger partial charge in [-0.2, -0.15) is 0 Å². The third-order valence-corrected chi connectivity index (χ3v) is 2.57. The van der Waals surface area contributed by atoms with Gasteiger partial charge in [-0.15, -0.1) is 0 Å². The Morgan fingerprint density at radius 3 is 2.73 bits per heavy atom. The molecule has 0 bridgehead atoms. The van der Waals surface area contributed by atoms with Crippen molar-refractivity contribution in [2.45, 2.75) is 26.8 Å². The van der Waals surface area contributed by atoms with E-state index in [2.05, 4.69) is 31.0 Å². The van der Waals surface area contributed by atoms with E-state index in [0.29, 0.717) is 0 Å². The van der Waals surface area contributed by atoms with Crippen LogP contribution in [0.2, 0.25) is 0 Å². The summed E-state index contributed by atoms with van der Waals surface area (Å²) in [7, 11) is 0. The third kappa shape index (κ3) is 2.17. The van der Waals surface area contributed by atoms with Crippen LogP contribution in [0.15, 0.2) is 0 Å². The Bertz CT molecular complexity index is 112. The van der Waals surface area contributed by atoms with Gasteiger partial charge in [0.25, 0.3) is 0 Å². The Balaban J connectivity index is 2.44. The molecular formula is C9H20N2. The first kappa shape index (κ1) is 9.01. The van der Waals surface area contributed by atoms with Gasteiger partial charge in [0.05, 0.1) is 0 Å². The lowest BCUT2D eigenvalue weighted by molar-refractivity contribution is 0.132. The number of nitrogens with one attached hydrogen (secondary N) is 1. The quantitative estimate of drug-likeness (QED) is 0.640. The molecule has 0 aliphatic carbocycles. The van der Waals surface area contributed by atoms with Crippen molar-refractivity contribution < 1.29 is 0 Å². The highest BCUT2D eigenvalue weighted by molar-refractivity contribution is 4.80. The van der Waals surface area contributed by atoms with E-state index >= 15 is 0 Å². The minimum Gasteiger partial charge on any atom is -0.314 e. The molecule has 1 N–H and O–H groups in total. The minimum atomic E-state index is 0.758. The topological polar surface area (TPSA) is 15.3 Å². The summed E-state index contributed by atoms with van der Waals surface area (Å²) in [6, 6.07) is 0.758. The summed E-state index contributed by atoms with van der Waals surface area (Å²) in [6.45, 7) is 11.6. The number of rotatable bonds is 2. The molecule has 11 heavy (non-hydrogen) atoms. The van der Waals surface area contributed by atoms with Crippen LogP contribution in [0.5, 0.6) is 0 Å². The average molecular weight is 156 g/mol. The van der Waals surface area contributed by atoms with Crippen molar-refractivity contribution in [1.29, 1.82) is 0 Å². The zero-order chi connectivity index (χ0) is 8.27. The van der Waals surface area contributed by atoms with Gasteiger partial charge in [0, 0.05) is 25.7 Å². The Morgan fingerprint density at radius 1 is 1.55 bits per heavy atom. The van der Waals surface area contributed by atoms with Crippen molar-refractivity contribution in [3.05, 3.63) is 0 Å². The summed E-state index contributed by atoms with van der Waals surface area (Å²) in [5, 5.41) is 3.44. The van der Waals surface area contributed by atoms with Crippen molar-refractivity contribution in [1.82, 2.24) is 10.2 Å². The number of piperazine rings is 1. The summed E-state index contributed by atoms with van der Waals surface area (Å²) in [6.07, 6.45) is 0. The fraction of sp³-hybridized carbons (Fsp3) is 1.00. The molecule has 0 aromatic carbocycles. The van der Waals surface area contributed by atoms with E-state index in [0.717, 1.165) is 18.5 Å². The van der Waals surface area contributed by atoms with Crippen molar-refractivity contribution in [3.63, 3.8) is 0 Å². The maximum absolute atomic E-state index is 3.44. The zero-order valence-electron chi connectivity index (χ0n) is 7.93. The molecule has 0 saturated carbocycles. The summed E-state index contributed by atoms with van der Waals surface area (Å²) in [5.41, 5.74) is 0. The van der Waals surface area contributed by atoms with Gasteiger partial charge < -0.3 is 5.32 Å². The van der Waals surface area contributed by atoms with E-state index in [4.69, 9.17) is 0 Å². The van der Waals surface area contributed by atoms with Crippen molar-refractivity contribution in [3.8, 4) is 0 Å². The van der Waals surface area contributed by atoms with Gasteiger partial charge in [-0.3, -0.25) is 4.90 Å². The van der Waals surface area contributed by atoms with E-state index in [9.17, 15) is 0 Å². The fourth-order valence-electron chi connectivity index (χ4n) is 1.82. The first-order valence-electron chi connectivity index (χ1n) is 4.70. The molecule has 2 heteroatoms. The van der Waals surface area contributed by atoms with Crippen LogP contribution in [0.25, 0.3) is 0 Å². The fourth-order valence-corrected chi connectivity index (χ4v) is 1.82. The zero-order valence-corrected chi connectivity index (χ0v) is 7.93. The van der Waals surface area contributed by atoms with Crippen LogP contribution < -0.4 is 5.32 Å². The molecule has 1 aliphatic heterocycles. The first-order chi connectivity index (χ1) is 5.25. The molecule has 2 nitrogen and oxygen atoms in total. The lowest BCUT2D eigenvalue weighted by Gasteiger charge is -2.37. The number of hydrogen-bond acceptors (Lipinski definition) is 2. The molecule has 0 radical (unpaired) electrons. The number of likely N-dealkylation sites (N-methyl/N-ethyl adjacent to an activating group) is 1. The molecule has 1 atom stereocenters. The second-order valence-corrected chi connectivity index (χ2v) is 3.64. The molecule has 66 valence electrons. The molecular weight excluding hydrogens is 136 g/mol. The van der Waals surface area contributed by atoms with E-state index < -0.39 is 0 Å². The SMILES string of the molecule is CCN1CCNC[C@H]1C(C)C. The maximum Gasteiger partial charge on any atom is 0.0244 e. The number of hydrogen-bond donors (Lipinski definition) is 1. The summed E-state index contributed by atoms with van der Waals surface area (Å²) in [4.78, 5) is 2.57. The second-order valence-electron chi connectivity index (χ2n) is 3.64. The standard InChI is InChI=1S/C9H20N2/c1-4-11-6-5-10-7-9(11)8(2)3/h8-10H,4-7H2,1-3H3/t9-/m0/s1. The Hall–Kier alpha value is -0.0800. The van der Waals surface area contributed by atoms with E-state index in [-0.39, 0.29) is 0 Å². The van der Waals surface area contributed by atoms with Gasteiger partial charge in [0.1, 0.15) is 0 Å². The molecule has 0 spiro atoms. The van der Waals surface area contributed by atoms with E-state index in [1.165, 1.54) is 19.6 Å². The van der Waals surface area contributed by atoms with Crippen molar-refractivity contribution in [2.75, 3.05) is 26.2 Å². The summed E-state index contributed by atoms with van der Waals surface area (Å²) in [5.74, 6) is 0.780. The normalized spacial score (nSPS) is 27.8. The van der Waals surface area contributed by atoms with Crippen LogP contribution in [0.1, 0.15) is 20.8 Å². The Morgan fingerprint density at radius 2 is 2.27 bits per heavy atom. The van der Waals surface area contributed by atoms with Crippen molar-refractivity contribution in [2.24, 2.45) is 5.92 Å². The van der Waals surface area contributed by atoms with Gasteiger partial charge in [-0.1, -0.05) is 20.8 Å². The van der Waals surface area contributed by atoms with Crippen LogP contribution >= 0.6 is 0 Å². The monoisotopic (exact) mass is 156 g/mol. The van der Waals surface area contributed by atoms with Gasteiger partial charge in [-0.25, -0.2) is 0 Å².